The van der Waals surface area contributed by atoms with Crippen molar-refractivity contribution in [2.75, 3.05) is 6.16 Å². The zero-order valence-electron chi connectivity index (χ0n) is 4.48. The topological polar surface area (TPSA) is 104 Å². The minimum Gasteiger partial charge on any atom is -0.324 e. The van der Waals surface area contributed by atoms with Crippen LogP contribution in [0.5, 0.6) is 0 Å². The Morgan fingerprint density at radius 3 is 1.62 bits per heavy atom. The molecule has 0 aromatic rings. The molecule has 0 aromatic carbocycles. The monoisotopic (exact) mass is 143 g/mol. The fourth-order valence-corrected chi connectivity index (χ4v) is 0. The van der Waals surface area contributed by atoms with Crippen molar-refractivity contribution in [3.05, 3.63) is 0 Å². The Morgan fingerprint density at radius 1 is 1.50 bits per heavy atom. The summed E-state index contributed by atoms with van der Waals surface area (Å²) in [6.45, 7) is 1.45. The van der Waals surface area contributed by atoms with Gasteiger partial charge in [-0.15, -0.1) is 0 Å². The third-order valence-corrected chi connectivity index (χ3v) is 1.24. The highest BCUT2D eigenvalue weighted by Crippen LogP contribution is 2.32. The van der Waals surface area contributed by atoms with Crippen molar-refractivity contribution >= 4 is 7.60 Å². The fraction of sp³-hybridized carbons (Fsp3) is 1.00. The Hall–Kier alpha value is 0.0700. The number of nitrogens with two attached hydrogens (primary N) is 1. The first-order valence-corrected chi connectivity index (χ1v) is 3.66. The molecule has 0 aromatic heterocycles. The van der Waals surface area contributed by atoms with E-state index >= 15 is 0 Å². The average molecular weight is 143 g/mol. The number of hydrogen-bond acceptors (Lipinski definition) is 3. The van der Waals surface area contributed by atoms with Gasteiger partial charge >= 0.3 is 7.60 Å². The van der Waals surface area contributed by atoms with E-state index < -0.39 is 7.60 Å². The van der Waals surface area contributed by atoms with E-state index in [1.54, 1.807) is 0 Å². The van der Waals surface area contributed by atoms with E-state index in [1.807, 2.05) is 0 Å². The van der Waals surface area contributed by atoms with Gasteiger partial charge in [0, 0.05) is 6.16 Å². The van der Waals surface area contributed by atoms with Crippen molar-refractivity contribution in [2.45, 2.75) is 6.92 Å². The van der Waals surface area contributed by atoms with Crippen molar-refractivity contribution in [2.24, 2.45) is 5.90 Å². The van der Waals surface area contributed by atoms with Gasteiger partial charge in [0.15, 0.2) is 0 Å². The zero-order chi connectivity index (χ0) is 7.21. The van der Waals surface area contributed by atoms with E-state index in [9.17, 15) is 4.57 Å². The normalized spacial score (nSPS) is 9.62. The maximum Gasteiger partial charge on any atom is 0.325 e. The van der Waals surface area contributed by atoms with Gasteiger partial charge in [-0.2, -0.15) is 0 Å². The number of rotatable bonds is 1. The Bertz CT molecular complexity index is 78.1. The molecule has 6 heteroatoms. The lowest BCUT2D eigenvalue weighted by molar-refractivity contribution is 0.311. The molecule has 0 aliphatic heterocycles. The van der Waals surface area contributed by atoms with Crippen molar-refractivity contribution in [1.82, 2.24) is 0 Å². The molecule has 0 aliphatic rings. The summed E-state index contributed by atoms with van der Waals surface area (Å²) in [5.41, 5.74) is 0. The average Bonchev–Trinajstić information content (AvgIpc) is 1.71. The first kappa shape index (κ1) is 10.9. The van der Waals surface area contributed by atoms with Crippen LogP contribution in [0.3, 0.4) is 0 Å². The zero-order valence-corrected chi connectivity index (χ0v) is 5.38. The van der Waals surface area contributed by atoms with Crippen LogP contribution in [0.4, 0.5) is 0 Å². The lowest BCUT2D eigenvalue weighted by Gasteiger charge is -1.92. The summed E-state index contributed by atoms with van der Waals surface area (Å²) in [7, 11) is -3.65. The summed E-state index contributed by atoms with van der Waals surface area (Å²) in [5, 5.41) is 6.50. The third kappa shape index (κ3) is 16.6. The Labute approximate surface area is 47.2 Å². The molecule has 0 saturated carbocycles. The molecule has 0 aliphatic carbocycles. The first-order valence-electron chi connectivity index (χ1n) is 1.86. The van der Waals surface area contributed by atoms with Gasteiger partial charge in [0.25, 0.3) is 0 Å². The molecule has 0 atom stereocenters. The summed E-state index contributed by atoms with van der Waals surface area (Å²) < 4.78 is 9.69. The molecule has 0 spiro atoms. The van der Waals surface area contributed by atoms with E-state index in [2.05, 4.69) is 5.90 Å². The lowest BCUT2D eigenvalue weighted by atomic mass is 11.0. The van der Waals surface area contributed by atoms with E-state index in [4.69, 9.17) is 15.0 Å². The summed E-state index contributed by atoms with van der Waals surface area (Å²) in [4.78, 5) is 15.9. The van der Waals surface area contributed by atoms with Crippen LogP contribution in [-0.2, 0) is 4.57 Å². The summed E-state index contributed by atoms with van der Waals surface area (Å²) >= 11 is 0. The van der Waals surface area contributed by atoms with Crippen molar-refractivity contribution in [3.8, 4) is 0 Å². The van der Waals surface area contributed by atoms with E-state index in [1.165, 1.54) is 6.92 Å². The van der Waals surface area contributed by atoms with Crippen LogP contribution < -0.4 is 5.90 Å². The van der Waals surface area contributed by atoms with Crippen molar-refractivity contribution in [3.63, 3.8) is 0 Å². The second-order valence-corrected chi connectivity index (χ2v) is 2.94. The molecule has 0 saturated heterocycles. The van der Waals surface area contributed by atoms with E-state index in [0.29, 0.717) is 0 Å². The Morgan fingerprint density at radius 2 is 1.62 bits per heavy atom. The Kier molecular flexibility index (Phi) is 7.13. The van der Waals surface area contributed by atoms with Crippen molar-refractivity contribution < 1.29 is 19.6 Å². The molecular formula is C2H10NO4P. The predicted molar refractivity (Wildman–Crippen MR) is 28.6 cm³/mol. The van der Waals surface area contributed by atoms with Gasteiger partial charge in [-0.05, 0) is 0 Å². The smallest absolute Gasteiger partial charge is 0.324 e. The highest BCUT2D eigenvalue weighted by Gasteiger charge is 2.05. The van der Waals surface area contributed by atoms with Gasteiger partial charge in [0.2, 0.25) is 0 Å². The van der Waals surface area contributed by atoms with Gasteiger partial charge < -0.3 is 15.0 Å². The van der Waals surface area contributed by atoms with Gasteiger partial charge in [0.05, 0.1) is 0 Å². The SMILES string of the molecule is CCP(=O)(O)O.NO. The molecule has 5 N–H and O–H groups in total. The highest BCUT2D eigenvalue weighted by molar-refractivity contribution is 7.51. The lowest BCUT2D eigenvalue weighted by Crippen LogP contribution is -1.76. The molecule has 0 bridgehead atoms. The maximum atomic E-state index is 9.69. The second kappa shape index (κ2) is 5.21. The fourth-order valence-electron chi connectivity index (χ4n) is 0. The van der Waals surface area contributed by atoms with Crippen molar-refractivity contribution in [1.29, 1.82) is 0 Å². The molecule has 0 amide bonds. The van der Waals surface area contributed by atoms with Crippen LogP contribution in [0.2, 0.25) is 0 Å². The minimum absolute atomic E-state index is 0.0625. The van der Waals surface area contributed by atoms with Gasteiger partial charge in [0.1, 0.15) is 0 Å². The Balaban J connectivity index is 0. The third-order valence-electron chi connectivity index (χ3n) is 0.412. The largest absolute Gasteiger partial charge is 0.325 e. The van der Waals surface area contributed by atoms with Gasteiger partial charge in [-0.1, -0.05) is 6.92 Å². The molecule has 8 heavy (non-hydrogen) atoms. The van der Waals surface area contributed by atoms with Crippen LogP contribution in [0.1, 0.15) is 6.92 Å². The standard InChI is InChI=1S/C2H7O3P.H3NO/c1-2-6(3,4)5;1-2/h2H2,1H3,(H2,3,4,5);2H,1H2. The maximum absolute atomic E-state index is 9.69. The molecule has 0 rings (SSSR count). The summed E-state index contributed by atoms with van der Waals surface area (Å²) in [5.74, 6) is 3.50. The first-order chi connectivity index (χ1) is 3.56. The summed E-state index contributed by atoms with van der Waals surface area (Å²) in [6, 6.07) is 0. The van der Waals surface area contributed by atoms with Crippen LogP contribution in [-0.4, -0.2) is 21.2 Å². The van der Waals surface area contributed by atoms with E-state index in [0.717, 1.165) is 0 Å². The molecule has 0 fully saturated rings. The molecule has 52 valence electrons. The minimum atomic E-state index is -3.65. The van der Waals surface area contributed by atoms with E-state index in [-0.39, 0.29) is 6.16 Å². The van der Waals surface area contributed by atoms with Crippen LogP contribution >= 0.6 is 7.60 Å². The van der Waals surface area contributed by atoms with Gasteiger partial charge in [-0.25, -0.2) is 5.90 Å². The second-order valence-electron chi connectivity index (χ2n) is 0.981. The van der Waals surface area contributed by atoms with Crippen LogP contribution in [0, 0.1) is 0 Å². The quantitative estimate of drug-likeness (QED) is 0.293. The van der Waals surface area contributed by atoms with Crippen LogP contribution in [0.25, 0.3) is 0 Å². The molecule has 0 heterocycles. The molecular weight excluding hydrogens is 133 g/mol. The molecule has 0 radical (unpaired) electrons. The molecule has 0 unspecified atom stereocenters. The molecule has 5 nitrogen and oxygen atoms in total. The van der Waals surface area contributed by atoms with Crippen LogP contribution in [0.15, 0.2) is 0 Å². The highest BCUT2D eigenvalue weighted by atomic mass is 31.2. The predicted octanol–water partition coefficient (Wildman–Crippen LogP) is -0.482. The summed E-state index contributed by atoms with van der Waals surface area (Å²) in [6.07, 6.45) is -0.0625. The number of hydrogen-bond donors (Lipinski definition) is 4. The van der Waals surface area contributed by atoms with Gasteiger partial charge in [-0.3, -0.25) is 4.57 Å².